The Morgan fingerprint density at radius 1 is 1.04 bits per heavy atom. The molecule has 0 heterocycles. The maximum atomic E-state index is 12.7. The van der Waals surface area contributed by atoms with Crippen molar-refractivity contribution in [1.82, 2.24) is 4.90 Å². The zero-order chi connectivity index (χ0) is 18.9. The second-order valence-corrected chi connectivity index (χ2v) is 7.58. The average Bonchev–Trinajstić information content (AvgIpc) is 2.64. The molecule has 138 valence electrons. The van der Waals surface area contributed by atoms with E-state index < -0.39 is 5.91 Å². The Morgan fingerprint density at radius 2 is 1.69 bits per heavy atom. The maximum Gasteiger partial charge on any atom is 0.233 e. The van der Waals surface area contributed by atoms with Crippen molar-refractivity contribution in [1.29, 1.82) is 0 Å². The molecule has 2 rings (SSSR count). The van der Waals surface area contributed by atoms with Crippen LogP contribution in [0.3, 0.4) is 0 Å². The van der Waals surface area contributed by atoms with Crippen molar-refractivity contribution in [2.75, 3.05) is 12.3 Å². The van der Waals surface area contributed by atoms with E-state index in [-0.39, 0.29) is 12.3 Å². The number of hydrogen-bond donors (Lipinski definition) is 1. The van der Waals surface area contributed by atoms with E-state index in [1.165, 1.54) is 17.3 Å². The molecule has 5 heteroatoms. The molecule has 0 atom stereocenters. The summed E-state index contributed by atoms with van der Waals surface area (Å²) >= 11 is 1.51. The molecule has 0 unspecified atom stereocenters. The predicted octanol–water partition coefficient (Wildman–Crippen LogP) is 3.81. The summed E-state index contributed by atoms with van der Waals surface area (Å²) < 4.78 is 0. The highest BCUT2D eigenvalue weighted by atomic mass is 32.2. The molecule has 0 spiro atoms. The fourth-order valence-corrected chi connectivity index (χ4v) is 3.33. The van der Waals surface area contributed by atoms with Crippen LogP contribution in [0.5, 0.6) is 0 Å². The number of primary amides is 1. The molecule has 4 nitrogen and oxygen atoms in total. The van der Waals surface area contributed by atoms with Gasteiger partial charge in [0, 0.05) is 24.4 Å². The molecule has 0 saturated heterocycles. The Kier molecular flexibility index (Phi) is 7.73. The first-order chi connectivity index (χ1) is 12.5. The van der Waals surface area contributed by atoms with Crippen LogP contribution in [0, 0.1) is 0 Å². The minimum Gasteiger partial charge on any atom is -0.370 e. The van der Waals surface area contributed by atoms with Gasteiger partial charge < -0.3 is 10.6 Å². The highest BCUT2D eigenvalue weighted by Gasteiger charge is 2.15. The lowest BCUT2D eigenvalue weighted by Crippen LogP contribution is -2.34. The lowest BCUT2D eigenvalue weighted by molar-refractivity contribution is -0.129. The number of hydrogen-bond acceptors (Lipinski definition) is 3. The zero-order valence-electron chi connectivity index (χ0n) is 15.4. The number of thioether (sulfide) groups is 1. The van der Waals surface area contributed by atoms with Crippen molar-refractivity contribution in [2.45, 2.75) is 37.6 Å². The Morgan fingerprint density at radius 3 is 2.27 bits per heavy atom. The third kappa shape index (κ3) is 6.56. The summed E-state index contributed by atoms with van der Waals surface area (Å²) in [6.07, 6.45) is 0.173. The van der Waals surface area contributed by atoms with Gasteiger partial charge in [-0.3, -0.25) is 9.59 Å². The normalized spacial score (nSPS) is 10.7. The van der Waals surface area contributed by atoms with Crippen molar-refractivity contribution >= 4 is 23.6 Å². The Bertz CT molecular complexity index is 715. The standard InChI is InChI=1S/C21H26N2O2S/c1-16(2)18-8-10-19(11-9-18)26-15-21(25)23(13-12-20(22)24)14-17-6-4-3-5-7-17/h3-11,16H,12-15H2,1-2H3,(H2,22,24). The predicted molar refractivity (Wildman–Crippen MR) is 107 cm³/mol. The molecule has 2 aromatic rings. The molecule has 0 saturated carbocycles. The summed E-state index contributed by atoms with van der Waals surface area (Å²) in [7, 11) is 0. The zero-order valence-corrected chi connectivity index (χ0v) is 16.2. The molecule has 0 fully saturated rings. The SMILES string of the molecule is CC(C)c1ccc(SCC(=O)N(CCC(N)=O)Cc2ccccc2)cc1. The summed E-state index contributed by atoms with van der Waals surface area (Å²) in [5.41, 5.74) is 7.58. The van der Waals surface area contributed by atoms with Gasteiger partial charge in [-0.05, 0) is 29.2 Å². The van der Waals surface area contributed by atoms with Gasteiger partial charge in [-0.2, -0.15) is 0 Å². The number of carbonyl (C=O) groups excluding carboxylic acids is 2. The van der Waals surface area contributed by atoms with E-state index in [0.717, 1.165) is 10.5 Å². The summed E-state index contributed by atoms with van der Waals surface area (Å²) in [5.74, 6) is 0.443. The fraction of sp³-hybridized carbons (Fsp3) is 0.333. The first kappa shape index (κ1) is 20.0. The van der Waals surface area contributed by atoms with Gasteiger partial charge in [0.2, 0.25) is 11.8 Å². The van der Waals surface area contributed by atoms with Crippen LogP contribution in [0.2, 0.25) is 0 Å². The smallest absolute Gasteiger partial charge is 0.233 e. The van der Waals surface area contributed by atoms with Crippen molar-refractivity contribution in [3.8, 4) is 0 Å². The van der Waals surface area contributed by atoms with Crippen LogP contribution in [0.1, 0.15) is 37.3 Å². The largest absolute Gasteiger partial charge is 0.370 e. The van der Waals surface area contributed by atoms with Crippen molar-refractivity contribution in [3.63, 3.8) is 0 Å². The number of nitrogens with two attached hydrogens (primary N) is 1. The van der Waals surface area contributed by atoms with Crippen LogP contribution in [0.15, 0.2) is 59.5 Å². The van der Waals surface area contributed by atoms with E-state index in [2.05, 4.69) is 38.1 Å². The van der Waals surface area contributed by atoms with Gasteiger partial charge in [0.25, 0.3) is 0 Å². The molecule has 26 heavy (non-hydrogen) atoms. The summed E-state index contributed by atoms with van der Waals surface area (Å²) in [6, 6.07) is 18.1. The van der Waals surface area contributed by atoms with Gasteiger partial charge in [-0.1, -0.05) is 56.3 Å². The number of benzene rings is 2. The summed E-state index contributed by atoms with van der Waals surface area (Å²) in [6.45, 7) is 5.15. The second kappa shape index (κ2) is 10.0. The van der Waals surface area contributed by atoms with Crippen LogP contribution in [0.25, 0.3) is 0 Å². The van der Waals surface area contributed by atoms with Gasteiger partial charge >= 0.3 is 0 Å². The third-order valence-corrected chi connectivity index (χ3v) is 5.10. The van der Waals surface area contributed by atoms with Crippen LogP contribution in [0.4, 0.5) is 0 Å². The first-order valence-corrected chi connectivity index (χ1v) is 9.77. The van der Waals surface area contributed by atoms with E-state index in [1.807, 2.05) is 30.3 Å². The molecule has 2 N–H and O–H groups in total. The van der Waals surface area contributed by atoms with Crippen molar-refractivity contribution in [2.24, 2.45) is 5.73 Å². The molecule has 0 radical (unpaired) electrons. The highest BCUT2D eigenvalue weighted by Crippen LogP contribution is 2.22. The average molecular weight is 371 g/mol. The van der Waals surface area contributed by atoms with E-state index in [0.29, 0.717) is 24.8 Å². The van der Waals surface area contributed by atoms with Gasteiger partial charge in [0.1, 0.15) is 0 Å². The molecule has 0 aliphatic heterocycles. The quantitative estimate of drug-likeness (QED) is 0.683. The van der Waals surface area contributed by atoms with Gasteiger partial charge in [0.15, 0.2) is 0 Å². The fourth-order valence-electron chi connectivity index (χ4n) is 2.53. The summed E-state index contributed by atoms with van der Waals surface area (Å²) in [5, 5.41) is 0. The number of carbonyl (C=O) groups is 2. The monoisotopic (exact) mass is 370 g/mol. The molecule has 0 aromatic heterocycles. The summed E-state index contributed by atoms with van der Waals surface area (Å²) in [4.78, 5) is 26.6. The van der Waals surface area contributed by atoms with Crippen LogP contribution in [-0.2, 0) is 16.1 Å². The lowest BCUT2D eigenvalue weighted by Gasteiger charge is -2.22. The van der Waals surface area contributed by atoms with Gasteiger partial charge in [0.05, 0.1) is 5.75 Å². The maximum absolute atomic E-state index is 12.7. The molecule has 2 aromatic carbocycles. The number of nitrogens with zero attached hydrogens (tertiary/aromatic N) is 1. The second-order valence-electron chi connectivity index (χ2n) is 6.53. The number of rotatable bonds is 9. The molecule has 0 aliphatic carbocycles. The topological polar surface area (TPSA) is 63.4 Å². The molecule has 0 aliphatic rings. The van der Waals surface area contributed by atoms with Crippen LogP contribution in [-0.4, -0.2) is 29.0 Å². The molecular formula is C21H26N2O2S. The Hall–Kier alpha value is -2.27. The highest BCUT2D eigenvalue weighted by molar-refractivity contribution is 8.00. The van der Waals surface area contributed by atoms with E-state index in [1.54, 1.807) is 4.90 Å². The van der Waals surface area contributed by atoms with E-state index in [9.17, 15) is 9.59 Å². The molecular weight excluding hydrogens is 344 g/mol. The molecule has 0 bridgehead atoms. The minimum atomic E-state index is -0.396. The van der Waals surface area contributed by atoms with Crippen molar-refractivity contribution < 1.29 is 9.59 Å². The van der Waals surface area contributed by atoms with Crippen LogP contribution >= 0.6 is 11.8 Å². The van der Waals surface area contributed by atoms with Crippen molar-refractivity contribution in [3.05, 3.63) is 65.7 Å². The van der Waals surface area contributed by atoms with Gasteiger partial charge in [-0.25, -0.2) is 0 Å². The van der Waals surface area contributed by atoms with Crippen LogP contribution < -0.4 is 5.73 Å². The Balaban J connectivity index is 1.97. The van der Waals surface area contributed by atoms with E-state index in [4.69, 9.17) is 5.73 Å². The molecule has 2 amide bonds. The third-order valence-electron chi connectivity index (χ3n) is 4.11. The van der Waals surface area contributed by atoms with Gasteiger partial charge in [-0.15, -0.1) is 11.8 Å². The lowest BCUT2D eigenvalue weighted by atomic mass is 10.0. The first-order valence-electron chi connectivity index (χ1n) is 8.78. The minimum absolute atomic E-state index is 0.00744. The van der Waals surface area contributed by atoms with E-state index >= 15 is 0 Å². The number of amides is 2. The Labute approximate surface area is 159 Å².